The number of nitrogens with zero attached hydrogens (tertiary/aromatic N) is 1. The standard InChI is InChI=1S/C13H13NO6S2/c1-2-8(19-12(15)16)10(20-13(17)18)22-11-14-7-5-3-4-6-9(7)21-11/h3-6,8,10H,2H2,1H3,(H,15,16)(H,17,18). The first-order valence-electron chi connectivity index (χ1n) is 6.31. The van der Waals surface area contributed by atoms with Gasteiger partial charge < -0.3 is 19.7 Å². The largest absolute Gasteiger partial charge is 0.507 e. The topological polar surface area (TPSA) is 106 Å². The van der Waals surface area contributed by atoms with Gasteiger partial charge in [0, 0.05) is 0 Å². The molecule has 0 bridgehead atoms. The summed E-state index contributed by atoms with van der Waals surface area (Å²) in [6.45, 7) is 1.69. The molecule has 0 aliphatic carbocycles. The molecule has 22 heavy (non-hydrogen) atoms. The quantitative estimate of drug-likeness (QED) is 0.462. The Morgan fingerprint density at radius 3 is 2.55 bits per heavy atom. The highest BCUT2D eigenvalue weighted by Gasteiger charge is 2.29. The van der Waals surface area contributed by atoms with Gasteiger partial charge in [0.25, 0.3) is 0 Å². The van der Waals surface area contributed by atoms with Gasteiger partial charge in [0.15, 0.2) is 15.9 Å². The summed E-state index contributed by atoms with van der Waals surface area (Å²) in [5.74, 6) is 0. The lowest BCUT2D eigenvalue weighted by atomic mass is 10.3. The van der Waals surface area contributed by atoms with Crippen molar-refractivity contribution in [1.29, 1.82) is 0 Å². The van der Waals surface area contributed by atoms with Crippen LogP contribution in [0.3, 0.4) is 0 Å². The van der Waals surface area contributed by atoms with Crippen LogP contribution in [0.2, 0.25) is 0 Å². The van der Waals surface area contributed by atoms with Gasteiger partial charge in [-0.05, 0) is 30.3 Å². The molecule has 0 radical (unpaired) electrons. The minimum absolute atomic E-state index is 0.280. The molecular weight excluding hydrogens is 330 g/mol. The van der Waals surface area contributed by atoms with Crippen LogP contribution >= 0.6 is 23.1 Å². The molecule has 0 aliphatic rings. The van der Waals surface area contributed by atoms with Gasteiger partial charge in [-0.3, -0.25) is 0 Å². The van der Waals surface area contributed by atoms with Gasteiger partial charge in [-0.25, -0.2) is 14.6 Å². The van der Waals surface area contributed by atoms with Gasteiger partial charge >= 0.3 is 12.3 Å². The number of benzene rings is 1. The van der Waals surface area contributed by atoms with Crippen LogP contribution in [0.5, 0.6) is 0 Å². The number of fused-ring (bicyclic) bond motifs is 1. The third-order valence-electron chi connectivity index (χ3n) is 2.67. The molecule has 7 nitrogen and oxygen atoms in total. The lowest BCUT2D eigenvalue weighted by Gasteiger charge is -2.22. The molecule has 0 amide bonds. The summed E-state index contributed by atoms with van der Waals surface area (Å²) in [5.41, 5.74) is -0.226. The minimum Gasteiger partial charge on any atom is -0.450 e. The van der Waals surface area contributed by atoms with Crippen LogP contribution in [0.4, 0.5) is 9.59 Å². The molecule has 1 heterocycles. The second kappa shape index (κ2) is 7.32. The molecule has 1 aromatic heterocycles. The van der Waals surface area contributed by atoms with Crippen LogP contribution < -0.4 is 0 Å². The fraction of sp³-hybridized carbons (Fsp3) is 0.308. The number of hydrogen-bond donors (Lipinski definition) is 2. The van der Waals surface area contributed by atoms with Gasteiger partial charge in [-0.15, -0.1) is 11.3 Å². The second-order valence-corrected chi connectivity index (χ2v) is 6.52. The van der Waals surface area contributed by atoms with Crippen molar-refractivity contribution < 1.29 is 29.3 Å². The van der Waals surface area contributed by atoms with Gasteiger partial charge in [-0.2, -0.15) is 0 Å². The Kier molecular flexibility index (Phi) is 5.45. The van der Waals surface area contributed by atoms with Crippen LogP contribution in [0.25, 0.3) is 10.2 Å². The first-order valence-corrected chi connectivity index (χ1v) is 8.00. The molecule has 2 unspecified atom stereocenters. The molecule has 118 valence electrons. The van der Waals surface area contributed by atoms with E-state index in [4.69, 9.17) is 19.7 Å². The van der Waals surface area contributed by atoms with Crippen molar-refractivity contribution in [3.05, 3.63) is 24.3 Å². The van der Waals surface area contributed by atoms with E-state index >= 15 is 0 Å². The summed E-state index contributed by atoms with van der Waals surface area (Å²) >= 11 is 2.41. The number of aromatic nitrogens is 1. The number of thiazole rings is 1. The Balaban J connectivity index is 2.20. The predicted octanol–water partition coefficient (Wildman–Crippen LogP) is 3.88. The molecule has 2 rings (SSSR count). The monoisotopic (exact) mass is 343 g/mol. The van der Waals surface area contributed by atoms with Crippen molar-refractivity contribution in [2.75, 3.05) is 0 Å². The van der Waals surface area contributed by atoms with Crippen molar-refractivity contribution in [3.63, 3.8) is 0 Å². The number of thioether (sulfide) groups is 1. The molecule has 2 aromatic rings. The van der Waals surface area contributed by atoms with E-state index in [2.05, 4.69) is 4.98 Å². The number of rotatable bonds is 6. The van der Waals surface area contributed by atoms with Crippen molar-refractivity contribution >= 4 is 45.6 Å². The lowest BCUT2D eigenvalue weighted by Crippen LogP contribution is -2.31. The molecule has 0 saturated heterocycles. The smallest absolute Gasteiger partial charge is 0.450 e. The van der Waals surface area contributed by atoms with Crippen LogP contribution in [0, 0.1) is 0 Å². The van der Waals surface area contributed by atoms with E-state index in [-0.39, 0.29) is 6.42 Å². The first kappa shape index (κ1) is 16.4. The highest BCUT2D eigenvalue weighted by molar-refractivity contribution is 8.01. The molecule has 9 heteroatoms. The Hall–Kier alpha value is -2.00. The van der Waals surface area contributed by atoms with Gasteiger partial charge in [0.2, 0.25) is 0 Å². The van der Waals surface area contributed by atoms with Gasteiger partial charge in [0.05, 0.1) is 10.2 Å². The van der Waals surface area contributed by atoms with Crippen molar-refractivity contribution in [1.82, 2.24) is 4.98 Å². The van der Waals surface area contributed by atoms with E-state index < -0.39 is 23.9 Å². The number of carbonyl (C=O) groups is 2. The molecule has 1 aromatic carbocycles. The Morgan fingerprint density at radius 1 is 1.27 bits per heavy atom. The predicted molar refractivity (Wildman–Crippen MR) is 81.6 cm³/mol. The molecule has 0 fully saturated rings. The normalized spacial score (nSPS) is 13.5. The highest BCUT2D eigenvalue weighted by atomic mass is 32.2. The lowest BCUT2D eigenvalue weighted by molar-refractivity contribution is -0.00880. The summed E-state index contributed by atoms with van der Waals surface area (Å²) in [4.78, 5) is 25.9. The van der Waals surface area contributed by atoms with Crippen LogP contribution in [0.1, 0.15) is 13.3 Å². The average Bonchev–Trinajstić information content (AvgIpc) is 2.85. The zero-order valence-electron chi connectivity index (χ0n) is 11.5. The van der Waals surface area contributed by atoms with Crippen molar-refractivity contribution in [3.8, 4) is 0 Å². The second-order valence-electron chi connectivity index (χ2n) is 4.15. The van der Waals surface area contributed by atoms with Gasteiger partial charge in [0.1, 0.15) is 0 Å². The third-order valence-corrected chi connectivity index (χ3v) is 4.96. The molecule has 2 atom stereocenters. The van der Waals surface area contributed by atoms with E-state index in [9.17, 15) is 9.59 Å². The number of hydrogen-bond acceptors (Lipinski definition) is 7. The molecule has 0 spiro atoms. The number of para-hydroxylation sites is 1. The maximum absolute atomic E-state index is 10.8. The Morgan fingerprint density at radius 2 is 1.95 bits per heavy atom. The summed E-state index contributed by atoms with van der Waals surface area (Å²) in [6, 6.07) is 7.47. The zero-order valence-corrected chi connectivity index (χ0v) is 13.1. The van der Waals surface area contributed by atoms with E-state index in [1.165, 1.54) is 11.3 Å². The molecule has 2 N–H and O–H groups in total. The van der Waals surface area contributed by atoms with Crippen LogP contribution in [-0.2, 0) is 9.47 Å². The van der Waals surface area contributed by atoms with Crippen molar-refractivity contribution in [2.45, 2.75) is 29.2 Å². The van der Waals surface area contributed by atoms with E-state index in [1.807, 2.05) is 24.3 Å². The zero-order chi connectivity index (χ0) is 16.1. The first-order chi connectivity index (χ1) is 10.5. The molecule has 0 saturated carbocycles. The maximum atomic E-state index is 10.8. The summed E-state index contributed by atoms with van der Waals surface area (Å²) in [6.07, 6.45) is -3.60. The van der Waals surface area contributed by atoms with Gasteiger partial charge in [-0.1, -0.05) is 19.1 Å². The fourth-order valence-corrected chi connectivity index (χ4v) is 4.06. The highest BCUT2D eigenvalue weighted by Crippen LogP contribution is 2.34. The maximum Gasteiger partial charge on any atom is 0.507 e. The van der Waals surface area contributed by atoms with E-state index in [0.717, 1.165) is 22.0 Å². The Bertz CT molecular complexity index is 640. The van der Waals surface area contributed by atoms with E-state index in [1.54, 1.807) is 6.92 Å². The SMILES string of the molecule is CCC(OC(=O)O)C(OC(=O)O)Sc1nc2ccccc2s1. The number of carboxylic acid groups (broad SMARTS) is 2. The fourth-order valence-electron chi connectivity index (χ4n) is 1.74. The molecular formula is C13H13NO6S2. The third kappa shape index (κ3) is 4.25. The number of ether oxygens (including phenoxy) is 2. The minimum atomic E-state index is -1.49. The molecule has 0 aliphatic heterocycles. The van der Waals surface area contributed by atoms with Crippen molar-refractivity contribution in [2.24, 2.45) is 0 Å². The summed E-state index contributed by atoms with van der Waals surface area (Å²) in [7, 11) is 0. The summed E-state index contributed by atoms with van der Waals surface area (Å²) in [5, 5.41) is 17.6. The summed E-state index contributed by atoms with van der Waals surface area (Å²) < 4.78 is 11.0. The average molecular weight is 343 g/mol. The van der Waals surface area contributed by atoms with Crippen LogP contribution in [-0.4, -0.2) is 39.0 Å². The van der Waals surface area contributed by atoms with Crippen LogP contribution in [0.15, 0.2) is 28.6 Å². The van der Waals surface area contributed by atoms with E-state index in [0.29, 0.717) is 4.34 Å². The Labute approximate surface area is 133 Å².